The van der Waals surface area contributed by atoms with Gasteiger partial charge in [0.1, 0.15) is 0 Å². The third kappa shape index (κ3) is 5.10. The third-order valence-electron chi connectivity index (χ3n) is 4.69. The lowest BCUT2D eigenvalue weighted by Crippen LogP contribution is -2.38. The van der Waals surface area contributed by atoms with E-state index in [9.17, 15) is 4.79 Å². The van der Waals surface area contributed by atoms with E-state index in [0.717, 1.165) is 42.9 Å². The summed E-state index contributed by atoms with van der Waals surface area (Å²) < 4.78 is 0. The van der Waals surface area contributed by atoms with Gasteiger partial charge >= 0.3 is 0 Å². The van der Waals surface area contributed by atoms with Gasteiger partial charge in [-0.25, -0.2) is 0 Å². The van der Waals surface area contributed by atoms with E-state index in [1.54, 1.807) is 0 Å². The van der Waals surface area contributed by atoms with Gasteiger partial charge in [-0.15, -0.1) is 11.8 Å². The Kier molecular flexibility index (Phi) is 6.16. The van der Waals surface area contributed by atoms with Crippen molar-refractivity contribution in [3.05, 3.63) is 59.7 Å². The number of nitrogens with zero attached hydrogens (tertiary/aromatic N) is 1. The van der Waals surface area contributed by atoms with E-state index in [4.69, 9.17) is 0 Å². The zero-order chi connectivity index (χ0) is 17.6. The Bertz CT molecular complexity index is 717. The van der Waals surface area contributed by atoms with E-state index in [-0.39, 0.29) is 11.8 Å². The Morgan fingerprint density at radius 2 is 2.04 bits per heavy atom. The molecule has 1 amide bonds. The standard InChI is InChI=1S/C21H26N2OS/c1-16-13-17(15-25-19-8-4-3-5-9-19)10-11-20(16)22-21(24)18-7-6-12-23(2)14-18/h3-5,8-11,13,18H,6-7,12,14-15H2,1-2H3,(H,22,24)/t18-/m0/s1. The number of piperidine rings is 1. The molecule has 0 saturated carbocycles. The Hall–Kier alpha value is -1.78. The van der Waals surface area contributed by atoms with Crippen LogP contribution in [-0.2, 0) is 10.5 Å². The number of nitrogens with one attached hydrogen (secondary N) is 1. The van der Waals surface area contributed by atoms with Crippen LogP contribution in [0.4, 0.5) is 5.69 Å². The third-order valence-corrected chi connectivity index (χ3v) is 5.78. The summed E-state index contributed by atoms with van der Waals surface area (Å²) >= 11 is 1.83. The monoisotopic (exact) mass is 354 g/mol. The highest BCUT2D eigenvalue weighted by Gasteiger charge is 2.24. The first-order chi connectivity index (χ1) is 12.1. The Balaban J connectivity index is 1.58. The van der Waals surface area contributed by atoms with Gasteiger partial charge in [0.15, 0.2) is 0 Å². The van der Waals surface area contributed by atoms with Gasteiger partial charge in [-0.1, -0.05) is 30.3 Å². The van der Waals surface area contributed by atoms with Crippen LogP contribution < -0.4 is 5.32 Å². The molecular weight excluding hydrogens is 328 g/mol. The fourth-order valence-corrected chi connectivity index (χ4v) is 4.12. The van der Waals surface area contributed by atoms with Crippen molar-refractivity contribution in [1.82, 2.24) is 4.90 Å². The Morgan fingerprint density at radius 1 is 1.24 bits per heavy atom. The first kappa shape index (κ1) is 18.0. The first-order valence-electron chi connectivity index (χ1n) is 8.88. The predicted molar refractivity (Wildman–Crippen MR) is 106 cm³/mol. The predicted octanol–water partition coefficient (Wildman–Crippen LogP) is 4.57. The lowest BCUT2D eigenvalue weighted by atomic mass is 9.97. The van der Waals surface area contributed by atoms with Crippen molar-refractivity contribution in [1.29, 1.82) is 0 Å². The average Bonchev–Trinajstić information content (AvgIpc) is 2.63. The highest BCUT2D eigenvalue weighted by Crippen LogP contribution is 2.25. The molecule has 4 heteroatoms. The van der Waals surface area contributed by atoms with E-state index in [2.05, 4.69) is 60.6 Å². The van der Waals surface area contributed by atoms with Gasteiger partial charge in [0.2, 0.25) is 5.91 Å². The van der Waals surface area contributed by atoms with Crippen LogP contribution in [0.25, 0.3) is 0 Å². The minimum Gasteiger partial charge on any atom is -0.326 e. The molecule has 2 aromatic carbocycles. The van der Waals surface area contributed by atoms with Crippen LogP contribution in [0, 0.1) is 12.8 Å². The van der Waals surface area contributed by atoms with E-state index >= 15 is 0 Å². The van der Waals surface area contributed by atoms with Gasteiger partial charge in [0, 0.05) is 22.9 Å². The molecular formula is C21H26N2OS. The van der Waals surface area contributed by atoms with Crippen LogP contribution in [0.15, 0.2) is 53.4 Å². The Labute approximate surface area is 154 Å². The molecule has 25 heavy (non-hydrogen) atoms. The average molecular weight is 355 g/mol. The van der Waals surface area contributed by atoms with E-state index in [1.165, 1.54) is 10.5 Å². The van der Waals surface area contributed by atoms with Crippen molar-refractivity contribution in [3.63, 3.8) is 0 Å². The normalized spacial score (nSPS) is 18.1. The van der Waals surface area contributed by atoms with Crippen LogP contribution in [-0.4, -0.2) is 30.9 Å². The van der Waals surface area contributed by atoms with Crippen LogP contribution in [0.5, 0.6) is 0 Å². The maximum Gasteiger partial charge on any atom is 0.228 e. The van der Waals surface area contributed by atoms with Crippen LogP contribution >= 0.6 is 11.8 Å². The number of carbonyl (C=O) groups excluding carboxylic acids is 1. The summed E-state index contributed by atoms with van der Waals surface area (Å²) in [5.74, 6) is 1.19. The summed E-state index contributed by atoms with van der Waals surface area (Å²) in [5.41, 5.74) is 3.34. The number of hydrogen-bond acceptors (Lipinski definition) is 3. The zero-order valence-corrected chi connectivity index (χ0v) is 15.8. The molecule has 1 aliphatic rings. The second-order valence-corrected chi connectivity index (χ2v) is 7.89. The molecule has 0 spiro atoms. The zero-order valence-electron chi connectivity index (χ0n) is 15.0. The summed E-state index contributed by atoms with van der Waals surface area (Å²) in [4.78, 5) is 16.0. The molecule has 0 aromatic heterocycles. The second-order valence-electron chi connectivity index (χ2n) is 6.84. The van der Waals surface area contributed by atoms with E-state index in [1.807, 2.05) is 23.9 Å². The van der Waals surface area contributed by atoms with Gasteiger partial charge in [-0.3, -0.25) is 4.79 Å². The number of likely N-dealkylation sites (tertiary alicyclic amines) is 1. The van der Waals surface area contributed by atoms with Crippen LogP contribution in [0.3, 0.4) is 0 Å². The molecule has 0 aliphatic carbocycles. The molecule has 1 aliphatic heterocycles. The lowest BCUT2D eigenvalue weighted by Gasteiger charge is -2.28. The highest BCUT2D eigenvalue weighted by atomic mass is 32.2. The lowest BCUT2D eigenvalue weighted by molar-refractivity contribution is -0.121. The second kappa shape index (κ2) is 8.54. The van der Waals surface area contributed by atoms with Crippen molar-refractivity contribution in [3.8, 4) is 0 Å². The molecule has 3 nitrogen and oxygen atoms in total. The van der Waals surface area contributed by atoms with Gasteiger partial charge in [0.05, 0.1) is 5.92 Å². The summed E-state index contributed by atoms with van der Waals surface area (Å²) in [7, 11) is 2.09. The molecule has 1 heterocycles. The molecule has 0 bridgehead atoms. The molecule has 0 unspecified atom stereocenters. The highest BCUT2D eigenvalue weighted by molar-refractivity contribution is 7.98. The SMILES string of the molecule is Cc1cc(CSc2ccccc2)ccc1NC(=O)[C@H]1CCCN(C)C1. The van der Waals surface area contributed by atoms with Crippen molar-refractivity contribution in [2.45, 2.75) is 30.4 Å². The molecule has 1 atom stereocenters. The molecule has 1 N–H and O–H groups in total. The van der Waals surface area contributed by atoms with Gasteiger partial charge in [-0.2, -0.15) is 0 Å². The minimum absolute atomic E-state index is 0.103. The molecule has 1 saturated heterocycles. The van der Waals surface area contributed by atoms with Crippen molar-refractivity contribution < 1.29 is 4.79 Å². The molecule has 1 fully saturated rings. The summed E-state index contributed by atoms with van der Waals surface area (Å²) in [6.07, 6.45) is 2.09. The minimum atomic E-state index is 0.103. The largest absolute Gasteiger partial charge is 0.326 e. The van der Waals surface area contributed by atoms with Crippen LogP contribution in [0.1, 0.15) is 24.0 Å². The van der Waals surface area contributed by atoms with Crippen LogP contribution in [0.2, 0.25) is 0 Å². The maximum atomic E-state index is 12.5. The summed E-state index contributed by atoms with van der Waals surface area (Å²) in [5, 5.41) is 3.13. The topological polar surface area (TPSA) is 32.3 Å². The number of rotatable bonds is 5. The molecule has 132 valence electrons. The number of anilines is 1. The number of aryl methyl sites for hydroxylation is 1. The van der Waals surface area contributed by atoms with E-state index in [0.29, 0.717) is 0 Å². The van der Waals surface area contributed by atoms with Gasteiger partial charge < -0.3 is 10.2 Å². The number of hydrogen-bond donors (Lipinski definition) is 1. The number of amides is 1. The summed E-state index contributed by atoms with van der Waals surface area (Å²) in [6, 6.07) is 16.8. The van der Waals surface area contributed by atoms with Crippen molar-refractivity contribution in [2.24, 2.45) is 5.92 Å². The van der Waals surface area contributed by atoms with E-state index < -0.39 is 0 Å². The number of benzene rings is 2. The first-order valence-corrected chi connectivity index (χ1v) is 9.87. The van der Waals surface area contributed by atoms with Crippen molar-refractivity contribution >= 4 is 23.4 Å². The fourth-order valence-electron chi connectivity index (χ4n) is 3.25. The fraction of sp³-hybridized carbons (Fsp3) is 0.381. The number of carbonyl (C=O) groups is 1. The van der Waals surface area contributed by atoms with Gasteiger partial charge in [0.25, 0.3) is 0 Å². The van der Waals surface area contributed by atoms with Gasteiger partial charge in [-0.05, 0) is 62.7 Å². The number of thioether (sulfide) groups is 1. The molecule has 2 aromatic rings. The quantitative estimate of drug-likeness (QED) is 0.799. The smallest absolute Gasteiger partial charge is 0.228 e. The van der Waals surface area contributed by atoms with Crippen molar-refractivity contribution in [2.75, 3.05) is 25.5 Å². The molecule has 3 rings (SSSR count). The summed E-state index contributed by atoms with van der Waals surface area (Å²) in [6.45, 7) is 4.02. The molecule has 0 radical (unpaired) electrons. The Morgan fingerprint density at radius 3 is 2.76 bits per heavy atom. The maximum absolute atomic E-state index is 12.5.